The summed E-state index contributed by atoms with van der Waals surface area (Å²) in [4.78, 5) is 3.27. The number of sulfonamides is 1. The number of nitrogens with one attached hydrogen (secondary N) is 2. The first-order valence-electron chi connectivity index (χ1n) is 8.57. The van der Waals surface area contributed by atoms with E-state index in [1.807, 2.05) is 6.07 Å². The van der Waals surface area contributed by atoms with Gasteiger partial charge in [0.15, 0.2) is 12.4 Å². The zero-order valence-corrected chi connectivity index (χ0v) is 17.8. The van der Waals surface area contributed by atoms with Crippen molar-refractivity contribution >= 4 is 49.1 Å². The number of hydrogen-bond acceptors (Lipinski definition) is 5. The summed E-state index contributed by atoms with van der Waals surface area (Å²) in [6.07, 6.45) is 3.49. The molecule has 0 aliphatic carbocycles. The fraction of sp³-hybridized carbons (Fsp3) is 0.0500. The lowest BCUT2D eigenvalue weighted by molar-refractivity contribution is -0.378. The second-order valence-electron chi connectivity index (χ2n) is 6.25. The van der Waals surface area contributed by atoms with Gasteiger partial charge in [-0.2, -0.15) is 8.42 Å². The molecule has 2 aromatic heterocycles. The molecule has 0 amide bonds. The zero-order valence-electron chi connectivity index (χ0n) is 15.4. The van der Waals surface area contributed by atoms with Gasteiger partial charge in [0.05, 0.1) is 27.1 Å². The second kappa shape index (κ2) is 8.97. The molecule has 1 unspecified atom stereocenters. The lowest BCUT2D eigenvalue weighted by Gasteiger charge is -2.11. The number of rotatable bonds is 6. The van der Waals surface area contributed by atoms with Gasteiger partial charge in [-0.05, 0) is 30.3 Å². The van der Waals surface area contributed by atoms with Crippen LogP contribution in [0.4, 0.5) is 5.69 Å². The minimum atomic E-state index is -4.04. The molecule has 0 radical (unpaired) electrons. The quantitative estimate of drug-likeness (QED) is 0.464. The van der Waals surface area contributed by atoms with E-state index >= 15 is 0 Å². The van der Waals surface area contributed by atoms with Crippen molar-refractivity contribution in [2.24, 2.45) is 0 Å². The van der Waals surface area contributed by atoms with Crippen molar-refractivity contribution in [3.8, 4) is 0 Å². The van der Waals surface area contributed by atoms with Crippen LogP contribution in [0.1, 0.15) is 5.56 Å². The largest absolute Gasteiger partial charge is 0.870 e. The molecule has 0 bridgehead atoms. The van der Waals surface area contributed by atoms with Gasteiger partial charge in [0.25, 0.3) is 10.0 Å². The minimum Gasteiger partial charge on any atom is -0.870 e. The number of H-pyrrole nitrogens is 1. The summed E-state index contributed by atoms with van der Waals surface area (Å²) >= 11 is 6.06. The molecule has 4 rings (SSSR count). The van der Waals surface area contributed by atoms with Gasteiger partial charge in [0.1, 0.15) is 5.58 Å². The number of para-hydroxylation sites is 1. The highest BCUT2D eigenvalue weighted by molar-refractivity contribution is 7.92. The first kappa shape index (κ1) is 22.0. The number of aromatic nitrogens is 1. The van der Waals surface area contributed by atoms with Crippen molar-refractivity contribution in [3.63, 3.8) is 0 Å². The average molecular weight is 465 g/mol. The molecule has 3 N–H and O–H groups in total. The van der Waals surface area contributed by atoms with Crippen LogP contribution >= 0.6 is 11.6 Å². The summed E-state index contributed by atoms with van der Waals surface area (Å²) in [5.41, 5.74) is 1.44. The molecule has 0 fully saturated rings. The third kappa shape index (κ3) is 4.71. The second-order valence-corrected chi connectivity index (χ2v) is 9.72. The maximum absolute atomic E-state index is 12.9. The van der Waals surface area contributed by atoms with Crippen LogP contribution in [-0.4, -0.2) is 18.1 Å². The summed E-state index contributed by atoms with van der Waals surface area (Å²) in [5.74, 6) is 0.221. The van der Waals surface area contributed by atoms with Crippen LogP contribution in [0.25, 0.3) is 11.0 Å². The highest BCUT2D eigenvalue weighted by atomic mass is 35.5. The molecule has 0 saturated carbocycles. The monoisotopic (exact) mass is 464 g/mol. The van der Waals surface area contributed by atoms with Crippen molar-refractivity contribution in [1.82, 2.24) is 0 Å². The number of benzene rings is 2. The molecular weight excluding hydrogens is 448 g/mol. The molecule has 0 aliphatic heterocycles. The van der Waals surface area contributed by atoms with Crippen LogP contribution in [0.5, 0.6) is 0 Å². The number of fused-ring (bicyclic) bond motifs is 1. The fourth-order valence-corrected chi connectivity index (χ4v) is 5.31. The first-order chi connectivity index (χ1) is 13.9. The van der Waals surface area contributed by atoms with Gasteiger partial charge in [-0.15, -0.1) is 0 Å². The maximum Gasteiger partial charge on any atom is 0.295 e. The van der Waals surface area contributed by atoms with E-state index in [4.69, 9.17) is 16.0 Å². The fourth-order valence-electron chi connectivity index (χ4n) is 2.81. The summed E-state index contributed by atoms with van der Waals surface area (Å²) in [5, 5.41) is 0.761. The zero-order chi connectivity index (χ0) is 20.4. The van der Waals surface area contributed by atoms with Crippen molar-refractivity contribution in [3.05, 3.63) is 83.6 Å². The Morgan fingerprint density at radius 2 is 1.87 bits per heavy atom. The van der Waals surface area contributed by atoms with E-state index in [2.05, 4.69) is 9.71 Å². The number of pyridine rings is 1. The molecule has 4 aromatic rings. The summed E-state index contributed by atoms with van der Waals surface area (Å²) in [7, 11) is -5.53. The van der Waals surface area contributed by atoms with E-state index < -0.39 is 20.8 Å². The molecule has 2 heterocycles. The van der Waals surface area contributed by atoms with Crippen molar-refractivity contribution in [1.29, 1.82) is 0 Å². The van der Waals surface area contributed by atoms with E-state index in [1.165, 1.54) is 12.1 Å². The van der Waals surface area contributed by atoms with Crippen molar-refractivity contribution < 1.29 is 27.5 Å². The normalized spacial score (nSPS) is 12.3. The maximum atomic E-state index is 12.9. The first-order valence-corrected chi connectivity index (χ1v) is 11.7. The number of aromatic amines is 1. The van der Waals surface area contributed by atoms with Crippen LogP contribution in [0.2, 0.25) is 5.02 Å². The summed E-state index contributed by atoms with van der Waals surface area (Å²) in [6.45, 7) is 0. The predicted octanol–water partition coefficient (Wildman–Crippen LogP) is 3.83. The van der Waals surface area contributed by atoms with E-state index in [9.17, 15) is 12.6 Å². The SMILES string of the molecule is O=S(Cc1ccc[nH+]c1)c1ccc(Cl)cc1NS(=O)(=O)c1cc2ccccc2o1.[OH-]. The highest BCUT2D eigenvalue weighted by Gasteiger charge is 2.23. The Bertz CT molecular complexity index is 1270. The van der Waals surface area contributed by atoms with Gasteiger partial charge in [0, 0.05) is 28.1 Å². The third-order valence-electron chi connectivity index (χ3n) is 4.17. The molecular formula is C20H17ClN2O5S2. The molecule has 156 valence electrons. The molecule has 0 saturated heterocycles. The number of hydrogen-bond donors (Lipinski definition) is 1. The molecule has 2 aromatic carbocycles. The van der Waals surface area contributed by atoms with Crippen LogP contribution in [0.15, 0.2) is 87.5 Å². The van der Waals surface area contributed by atoms with Gasteiger partial charge in [-0.25, -0.2) is 4.98 Å². The highest BCUT2D eigenvalue weighted by Crippen LogP contribution is 2.29. The smallest absolute Gasteiger partial charge is 0.295 e. The Morgan fingerprint density at radius 1 is 1.07 bits per heavy atom. The molecule has 0 spiro atoms. The Labute approximate surface area is 180 Å². The van der Waals surface area contributed by atoms with Gasteiger partial charge in [-0.1, -0.05) is 29.8 Å². The van der Waals surface area contributed by atoms with E-state index in [1.54, 1.807) is 54.9 Å². The number of halogens is 1. The predicted molar refractivity (Wildman–Crippen MR) is 114 cm³/mol. The van der Waals surface area contributed by atoms with Crippen LogP contribution < -0.4 is 9.71 Å². The van der Waals surface area contributed by atoms with Crippen molar-refractivity contribution in [2.75, 3.05) is 4.72 Å². The molecule has 7 nitrogen and oxygen atoms in total. The van der Waals surface area contributed by atoms with Crippen LogP contribution in [-0.2, 0) is 26.6 Å². The molecule has 1 atom stereocenters. The van der Waals surface area contributed by atoms with Gasteiger partial charge in [-0.3, -0.25) is 8.93 Å². The van der Waals surface area contributed by atoms with Gasteiger partial charge >= 0.3 is 0 Å². The average Bonchev–Trinajstić information content (AvgIpc) is 3.14. The summed E-state index contributed by atoms with van der Waals surface area (Å²) < 4.78 is 46.6. The summed E-state index contributed by atoms with van der Waals surface area (Å²) in [6, 6.07) is 16.6. The van der Waals surface area contributed by atoms with Crippen LogP contribution in [0, 0.1) is 0 Å². The lowest BCUT2D eigenvalue weighted by Crippen LogP contribution is -2.14. The Kier molecular flexibility index (Phi) is 6.57. The molecule has 30 heavy (non-hydrogen) atoms. The molecule has 10 heteroatoms. The lowest BCUT2D eigenvalue weighted by atomic mass is 10.3. The Balaban J connectivity index is 0.00000256. The van der Waals surface area contributed by atoms with Gasteiger partial charge in [0.2, 0.25) is 5.09 Å². The number of anilines is 1. The third-order valence-corrected chi connectivity index (χ3v) is 7.06. The van der Waals surface area contributed by atoms with Gasteiger partial charge < -0.3 is 9.89 Å². The van der Waals surface area contributed by atoms with Crippen LogP contribution in [0.3, 0.4) is 0 Å². The standard InChI is InChI=1S/C20H15ClN2O4S2.H2O/c21-16-7-8-19(28(24)13-14-4-3-9-22-12-14)17(11-16)23-29(25,26)20-10-15-5-1-2-6-18(15)27-20;/h1-12,23H,13H2;1H2. The topological polar surface area (TPSA) is 121 Å². The van der Waals surface area contributed by atoms with E-state index in [0.717, 1.165) is 5.56 Å². The van der Waals surface area contributed by atoms with E-state index in [0.29, 0.717) is 20.9 Å². The number of furan rings is 1. The van der Waals surface area contributed by atoms with Crippen molar-refractivity contribution in [2.45, 2.75) is 15.7 Å². The van der Waals surface area contributed by atoms with E-state index in [-0.39, 0.29) is 22.0 Å². The Hall–Kier alpha value is -2.72. The molecule has 0 aliphatic rings. The Morgan fingerprint density at radius 3 is 2.60 bits per heavy atom. The minimum absolute atomic E-state index is 0.